The van der Waals surface area contributed by atoms with Gasteiger partial charge in [0.2, 0.25) is 0 Å². The largest absolute Gasteiger partial charge is 0.502 e. The van der Waals surface area contributed by atoms with Gasteiger partial charge in [0.25, 0.3) is 0 Å². The Kier molecular flexibility index (Phi) is 4.80. The second-order valence-corrected chi connectivity index (χ2v) is 10.2. The highest BCUT2D eigenvalue weighted by Gasteiger charge is 2.68. The second-order valence-electron chi connectivity index (χ2n) is 10.2. The lowest BCUT2D eigenvalue weighted by molar-refractivity contribution is -0.199. The third-order valence-corrected chi connectivity index (χ3v) is 8.16. The van der Waals surface area contributed by atoms with Crippen molar-refractivity contribution in [2.45, 2.75) is 76.6 Å². The van der Waals surface area contributed by atoms with Crippen LogP contribution in [0.25, 0.3) is 0 Å². The minimum atomic E-state index is -0.509. The first-order valence-electron chi connectivity index (χ1n) is 11.2. The molecule has 2 saturated heterocycles. The zero-order chi connectivity index (χ0) is 20.2. The van der Waals surface area contributed by atoms with Crippen molar-refractivity contribution in [1.82, 2.24) is 5.32 Å². The Hall–Kier alpha value is -1.37. The van der Waals surface area contributed by atoms with Gasteiger partial charge in [-0.15, -0.1) is 0 Å². The van der Waals surface area contributed by atoms with Gasteiger partial charge in [-0.25, -0.2) is 0 Å². The third-order valence-electron chi connectivity index (χ3n) is 8.16. The fraction of sp³-hybridized carbons (Fsp3) is 0.696. The van der Waals surface area contributed by atoms with E-state index in [1.165, 1.54) is 6.42 Å². The second kappa shape index (κ2) is 7.10. The molecule has 0 radical (unpaired) electrons. The van der Waals surface area contributed by atoms with Gasteiger partial charge in [-0.3, -0.25) is 4.79 Å². The molecule has 2 heterocycles. The summed E-state index contributed by atoms with van der Waals surface area (Å²) in [5.74, 6) is 1.01. The Bertz CT molecular complexity index is 765. The summed E-state index contributed by atoms with van der Waals surface area (Å²) in [6, 6.07) is 9.52. The van der Waals surface area contributed by atoms with E-state index in [9.17, 15) is 4.79 Å². The predicted octanol–water partition coefficient (Wildman–Crippen LogP) is 3.16. The van der Waals surface area contributed by atoms with Crippen LogP contribution in [0.3, 0.4) is 0 Å². The number of rotatable bonds is 5. The van der Waals surface area contributed by atoms with Gasteiger partial charge in [0.1, 0.15) is 12.0 Å². The van der Waals surface area contributed by atoms with Gasteiger partial charge in [-0.2, -0.15) is 0 Å². The number of carbonyl (C=O) groups excluding carboxylic acids is 1. The van der Waals surface area contributed by atoms with Crippen LogP contribution < -0.4 is 5.32 Å². The maximum Gasteiger partial charge on any atom is 0.502 e. The summed E-state index contributed by atoms with van der Waals surface area (Å²) in [7, 11) is -0.509. The van der Waals surface area contributed by atoms with Crippen molar-refractivity contribution in [3.05, 3.63) is 35.9 Å². The van der Waals surface area contributed by atoms with Crippen molar-refractivity contribution < 1.29 is 18.8 Å². The molecule has 156 valence electrons. The summed E-state index contributed by atoms with van der Waals surface area (Å²) in [4.78, 5) is 12.8. The quantitative estimate of drug-likeness (QED) is 0.611. The van der Waals surface area contributed by atoms with Crippen LogP contribution in [0.5, 0.6) is 0 Å². The van der Waals surface area contributed by atoms with E-state index >= 15 is 0 Å². The molecule has 1 N–H and O–H groups in total. The van der Waals surface area contributed by atoms with Crippen molar-refractivity contribution in [3.8, 4) is 0 Å². The number of ether oxygens (including phenoxy) is 1. The standard InChI is InChI=1S/C23H32BNO4/c1-22(2)16-13-18(22)23(3)19(14-16)28-24(29-23)20(12-15-8-5-4-6-9-15)27-21(26)17-10-7-11-25-17/h4-6,8-9,16-20,25H,7,10-14H2,1-3H3/t16?,17?,18?,19?,20?,23-/m0/s1. The van der Waals surface area contributed by atoms with E-state index in [-0.39, 0.29) is 23.7 Å². The predicted molar refractivity (Wildman–Crippen MR) is 111 cm³/mol. The molecule has 1 aromatic carbocycles. The van der Waals surface area contributed by atoms with Crippen molar-refractivity contribution in [1.29, 1.82) is 0 Å². The van der Waals surface area contributed by atoms with Gasteiger partial charge in [0, 0.05) is 6.42 Å². The van der Waals surface area contributed by atoms with Crippen molar-refractivity contribution >= 4 is 13.1 Å². The Morgan fingerprint density at radius 2 is 2.07 bits per heavy atom. The Morgan fingerprint density at radius 3 is 2.76 bits per heavy atom. The van der Waals surface area contributed by atoms with Crippen molar-refractivity contribution in [2.24, 2.45) is 17.3 Å². The molecule has 0 spiro atoms. The summed E-state index contributed by atoms with van der Waals surface area (Å²) in [5, 5.41) is 3.24. The number of esters is 1. The van der Waals surface area contributed by atoms with E-state index in [4.69, 9.17) is 14.0 Å². The monoisotopic (exact) mass is 397 g/mol. The van der Waals surface area contributed by atoms with Crippen LogP contribution in [-0.4, -0.2) is 43.4 Å². The van der Waals surface area contributed by atoms with E-state index in [1.807, 2.05) is 18.2 Å². The van der Waals surface area contributed by atoms with Gasteiger partial charge >= 0.3 is 13.1 Å². The van der Waals surface area contributed by atoms with E-state index in [2.05, 4.69) is 38.2 Å². The SMILES string of the molecule is CC1(C)C2CC3OB(C(Cc4ccccc4)OC(=O)C4CCCN4)O[C@@]3(C)C1C2. The van der Waals surface area contributed by atoms with Gasteiger partial charge in [-0.1, -0.05) is 44.2 Å². The number of benzene rings is 1. The molecule has 5 aliphatic rings. The number of hydrogen-bond acceptors (Lipinski definition) is 5. The molecular weight excluding hydrogens is 365 g/mol. The molecule has 29 heavy (non-hydrogen) atoms. The maximum atomic E-state index is 12.8. The van der Waals surface area contributed by atoms with Crippen molar-refractivity contribution in [2.75, 3.05) is 6.54 Å². The van der Waals surface area contributed by atoms with Crippen LogP contribution in [-0.2, 0) is 25.3 Å². The molecular formula is C23H32BNO4. The molecule has 6 rings (SSSR count). The zero-order valence-corrected chi connectivity index (χ0v) is 17.7. The molecule has 6 atom stereocenters. The first-order valence-corrected chi connectivity index (χ1v) is 11.2. The first kappa shape index (κ1) is 19.6. The lowest BCUT2D eigenvalue weighted by atomic mass is 9.43. The number of nitrogens with one attached hydrogen (secondary N) is 1. The van der Waals surface area contributed by atoms with E-state index in [0.29, 0.717) is 23.7 Å². The molecule has 2 aliphatic heterocycles. The highest BCUT2D eigenvalue weighted by atomic mass is 16.7. The fourth-order valence-electron chi connectivity index (χ4n) is 6.21. The molecule has 5 nitrogen and oxygen atoms in total. The highest BCUT2D eigenvalue weighted by molar-refractivity contribution is 6.47. The van der Waals surface area contributed by atoms with Crippen LogP contribution in [0.1, 0.15) is 52.0 Å². The molecule has 2 bridgehead atoms. The average Bonchev–Trinajstić information content (AvgIpc) is 3.35. The van der Waals surface area contributed by atoms with Crippen LogP contribution in [0.2, 0.25) is 0 Å². The lowest BCUT2D eigenvalue weighted by Crippen LogP contribution is -2.65. The minimum absolute atomic E-state index is 0.0888. The van der Waals surface area contributed by atoms with Gasteiger partial charge in [-0.05, 0) is 62.0 Å². The Labute approximate surface area is 174 Å². The Morgan fingerprint density at radius 1 is 1.28 bits per heavy atom. The van der Waals surface area contributed by atoms with Crippen LogP contribution >= 0.6 is 0 Å². The average molecular weight is 397 g/mol. The molecule has 5 fully saturated rings. The topological polar surface area (TPSA) is 56.8 Å². The molecule has 5 unspecified atom stereocenters. The fourth-order valence-corrected chi connectivity index (χ4v) is 6.21. The normalized spacial score (nSPS) is 38.2. The summed E-state index contributed by atoms with van der Waals surface area (Å²) in [6.07, 6.45) is 4.78. The van der Waals surface area contributed by atoms with E-state index in [1.54, 1.807) is 0 Å². The first-order chi connectivity index (χ1) is 13.9. The molecule has 0 amide bonds. The Balaban J connectivity index is 1.35. The summed E-state index contributed by atoms with van der Waals surface area (Å²) >= 11 is 0. The number of hydrogen-bond donors (Lipinski definition) is 1. The number of carbonyl (C=O) groups is 1. The van der Waals surface area contributed by atoms with Gasteiger partial charge in [0.15, 0.2) is 0 Å². The smallest absolute Gasteiger partial charge is 0.463 e. The van der Waals surface area contributed by atoms with Crippen LogP contribution in [0, 0.1) is 17.3 Å². The molecule has 0 aromatic heterocycles. The van der Waals surface area contributed by atoms with Crippen molar-refractivity contribution in [3.63, 3.8) is 0 Å². The van der Waals surface area contributed by atoms with E-state index in [0.717, 1.165) is 31.4 Å². The van der Waals surface area contributed by atoms with Crippen LogP contribution in [0.15, 0.2) is 30.3 Å². The van der Waals surface area contributed by atoms with Crippen LogP contribution in [0.4, 0.5) is 0 Å². The zero-order valence-electron chi connectivity index (χ0n) is 17.7. The van der Waals surface area contributed by atoms with E-state index < -0.39 is 13.1 Å². The molecule has 6 heteroatoms. The molecule has 3 aliphatic carbocycles. The lowest BCUT2D eigenvalue weighted by Gasteiger charge is -2.64. The molecule has 3 saturated carbocycles. The third kappa shape index (κ3) is 3.24. The minimum Gasteiger partial charge on any atom is -0.463 e. The highest BCUT2D eigenvalue weighted by Crippen LogP contribution is 2.65. The molecule has 1 aromatic rings. The summed E-state index contributed by atoms with van der Waals surface area (Å²) in [6.45, 7) is 7.80. The summed E-state index contributed by atoms with van der Waals surface area (Å²) in [5.41, 5.74) is 1.13. The maximum absolute atomic E-state index is 12.8. The van der Waals surface area contributed by atoms with Gasteiger partial charge in [0.05, 0.1) is 11.7 Å². The summed E-state index contributed by atoms with van der Waals surface area (Å²) < 4.78 is 19.1. The van der Waals surface area contributed by atoms with Gasteiger partial charge < -0.3 is 19.4 Å².